The van der Waals surface area contributed by atoms with Crippen molar-refractivity contribution in [1.29, 1.82) is 0 Å². The van der Waals surface area contributed by atoms with Crippen LogP contribution in [-0.2, 0) is 29.0 Å². The number of carbonyl (C=O) groups excluding carboxylic acids is 1. The molecule has 2 saturated heterocycles. The molecule has 1 aliphatic carbocycles. The van der Waals surface area contributed by atoms with Crippen molar-refractivity contribution in [2.45, 2.75) is 89.0 Å². The van der Waals surface area contributed by atoms with Crippen LogP contribution in [0, 0.1) is 13.8 Å². The van der Waals surface area contributed by atoms with Crippen LogP contribution in [-0.4, -0.2) is 72.5 Å². The number of carbonyl (C=O) groups is 1. The second-order valence-corrected chi connectivity index (χ2v) is 13.2. The van der Waals surface area contributed by atoms with Gasteiger partial charge in [-0.2, -0.15) is 26.3 Å². The Labute approximate surface area is 256 Å². The van der Waals surface area contributed by atoms with Gasteiger partial charge in [-0.15, -0.1) is 0 Å². The van der Waals surface area contributed by atoms with Crippen molar-refractivity contribution in [2.75, 3.05) is 45.8 Å². The zero-order valence-electron chi connectivity index (χ0n) is 25.7. The molecule has 0 aromatic heterocycles. The predicted octanol–water partition coefficient (Wildman–Crippen LogP) is 7.39. The molecule has 3 aliphatic rings. The molecule has 5 rings (SSSR count). The number of piperazine rings is 1. The molecule has 0 radical (unpaired) electrons. The third-order valence-corrected chi connectivity index (χ3v) is 10.1. The van der Waals surface area contributed by atoms with Crippen LogP contribution in [0.4, 0.5) is 26.3 Å². The highest BCUT2D eigenvalue weighted by atomic mass is 19.4. The van der Waals surface area contributed by atoms with Crippen molar-refractivity contribution in [3.05, 3.63) is 69.8 Å². The number of hydrogen-bond acceptors (Lipinski definition) is 3. The van der Waals surface area contributed by atoms with Crippen LogP contribution in [0.2, 0.25) is 0 Å². The molecule has 1 amide bonds. The Bertz CT molecular complexity index is 1280. The molecule has 2 aromatic rings. The van der Waals surface area contributed by atoms with Gasteiger partial charge in [0.15, 0.2) is 0 Å². The van der Waals surface area contributed by atoms with E-state index in [1.807, 2.05) is 6.92 Å². The molecule has 1 saturated carbocycles. The van der Waals surface area contributed by atoms with E-state index in [-0.39, 0.29) is 17.0 Å². The zero-order valence-corrected chi connectivity index (χ0v) is 25.7. The molecule has 0 N–H and O–H groups in total. The van der Waals surface area contributed by atoms with Crippen LogP contribution in [0.1, 0.15) is 78.3 Å². The summed E-state index contributed by atoms with van der Waals surface area (Å²) in [4.78, 5) is 20.2. The molecule has 1 atom stereocenters. The maximum atomic E-state index is 13.4. The van der Waals surface area contributed by atoms with E-state index in [0.717, 1.165) is 50.3 Å². The molecule has 242 valence electrons. The molecule has 10 heteroatoms. The largest absolute Gasteiger partial charge is 0.416 e. The van der Waals surface area contributed by atoms with Crippen LogP contribution in [0.3, 0.4) is 0 Å². The van der Waals surface area contributed by atoms with Gasteiger partial charge in [-0.05, 0) is 81.0 Å². The molecular weight excluding hydrogens is 580 g/mol. The highest BCUT2D eigenvalue weighted by molar-refractivity contribution is 5.79. The number of amides is 1. The van der Waals surface area contributed by atoms with Crippen molar-refractivity contribution in [1.82, 2.24) is 14.7 Å². The van der Waals surface area contributed by atoms with E-state index in [9.17, 15) is 31.1 Å². The molecule has 0 spiro atoms. The van der Waals surface area contributed by atoms with Gasteiger partial charge in [-0.3, -0.25) is 9.69 Å². The van der Waals surface area contributed by atoms with Crippen LogP contribution in [0.25, 0.3) is 0 Å². The smallest absolute Gasteiger partial charge is 0.341 e. The van der Waals surface area contributed by atoms with Gasteiger partial charge in [-0.25, -0.2) is 0 Å². The van der Waals surface area contributed by atoms with Crippen LogP contribution in [0.15, 0.2) is 36.4 Å². The summed E-state index contributed by atoms with van der Waals surface area (Å²) < 4.78 is 80.5. The summed E-state index contributed by atoms with van der Waals surface area (Å²) in [6.07, 6.45) is -2.35. The van der Waals surface area contributed by atoms with E-state index in [0.29, 0.717) is 37.7 Å². The van der Waals surface area contributed by atoms with Gasteiger partial charge in [0.1, 0.15) is 0 Å². The van der Waals surface area contributed by atoms with Crippen LogP contribution >= 0.6 is 0 Å². The molecule has 0 unspecified atom stereocenters. The molecule has 44 heavy (non-hydrogen) atoms. The lowest BCUT2D eigenvalue weighted by molar-refractivity contribution is -0.143. The van der Waals surface area contributed by atoms with Crippen LogP contribution < -0.4 is 0 Å². The van der Waals surface area contributed by atoms with E-state index < -0.39 is 35.8 Å². The normalized spacial score (nSPS) is 23.0. The maximum Gasteiger partial charge on any atom is 0.416 e. The zero-order chi connectivity index (χ0) is 31.7. The van der Waals surface area contributed by atoms with Gasteiger partial charge in [0.2, 0.25) is 5.91 Å². The van der Waals surface area contributed by atoms with E-state index in [4.69, 9.17) is 0 Å². The Kier molecular flexibility index (Phi) is 9.71. The fourth-order valence-electron chi connectivity index (χ4n) is 7.53. The second-order valence-electron chi connectivity index (χ2n) is 13.2. The number of nitrogens with zero attached hydrogens (tertiary/aromatic N) is 3. The van der Waals surface area contributed by atoms with E-state index >= 15 is 0 Å². The summed E-state index contributed by atoms with van der Waals surface area (Å²) >= 11 is 0. The molecule has 3 fully saturated rings. The van der Waals surface area contributed by atoms with Gasteiger partial charge in [0, 0.05) is 50.7 Å². The van der Waals surface area contributed by atoms with Gasteiger partial charge < -0.3 is 9.80 Å². The first kappa shape index (κ1) is 32.8. The first-order valence-electron chi connectivity index (χ1n) is 15.8. The fourth-order valence-corrected chi connectivity index (χ4v) is 7.53. The minimum Gasteiger partial charge on any atom is -0.341 e. The van der Waals surface area contributed by atoms with E-state index in [1.165, 1.54) is 37.7 Å². The van der Waals surface area contributed by atoms with Crippen LogP contribution in [0.5, 0.6) is 0 Å². The van der Waals surface area contributed by atoms with Crippen molar-refractivity contribution >= 4 is 5.91 Å². The summed E-state index contributed by atoms with van der Waals surface area (Å²) in [5.74, 6) is -0.453. The third kappa shape index (κ3) is 7.61. The number of benzene rings is 2. The van der Waals surface area contributed by atoms with Crippen molar-refractivity contribution in [3.8, 4) is 0 Å². The SMILES string of the molecule is Cc1ccc(C)c([C@]2(CCN3CCN(C4CCCCC4)CC3)CCN(C(=O)Cc3cc(C(F)(F)F)cc(C(F)(F)F)c3)C2)c1. The van der Waals surface area contributed by atoms with Crippen molar-refractivity contribution in [2.24, 2.45) is 0 Å². The van der Waals surface area contributed by atoms with Gasteiger partial charge in [0.05, 0.1) is 17.5 Å². The molecule has 0 bridgehead atoms. The van der Waals surface area contributed by atoms with Gasteiger partial charge in [-0.1, -0.05) is 43.0 Å². The lowest BCUT2D eigenvalue weighted by atomic mass is 9.74. The minimum absolute atomic E-state index is 0.102. The maximum absolute atomic E-state index is 13.4. The summed E-state index contributed by atoms with van der Waals surface area (Å²) in [6, 6.07) is 8.44. The fraction of sp³-hybridized carbons (Fsp3) is 0.618. The average Bonchev–Trinajstić information content (AvgIpc) is 3.43. The second kappa shape index (κ2) is 13.0. The highest BCUT2D eigenvalue weighted by Gasteiger charge is 2.43. The molecule has 2 aliphatic heterocycles. The quantitative estimate of drug-likeness (QED) is 0.301. The Balaban J connectivity index is 1.30. The average molecular weight is 624 g/mol. The third-order valence-electron chi connectivity index (χ3n) is 10.1. The van der Waals surface area contributed by atoms with Gasteiger partial charge in [0.25, 0.3) is 0 Å². The number of alkyl halides is 6. The van der Waals surface area contributed by atoms with E-state index in [1.54, 1.807) is 4.90 Å². The Morgan fingerprint density at radius 3 is 2.09 bits per heavy atom. The lowest BCUT2D eigenvalue weighted by Gasteiger charge is -2.42. The van der Waals surface area contributed by atoms with Crippen molar-refractivity contribution in [3.63, 3.8) is 0 Å². The summed E-state index contributed by atoms with van der Waals surface area (Å²) in [6.45, 7) is 9.88. The lowest BCUT2D eigenvalue weighted by Crippen LogP contribution is -2.51. The summed E-state index contributed by atoms with van der Waals surface area (Å²) in [5, 5.41) is 0. The number of rotatable bonds is 7. The standard InChI is InChI=1S/C34H43F6N3O/c1-24-8-9-25(2)30(18-24)32(10-12-41-14-16-42(17-15-41)29-6-4-3-5-7-29)11-13-43(23-32)31(44)21-26-19-27(33(35,36)37)22-28(20-26)34(38,39)40/h8-9,18-20,22,29H,3-7,10-17,21,23H2,1-2H3/t32-/m1/s1. The highest BCUT2D eigenvalue weighted by Crippen LogP contribution is 2.41. The van der Waals surface area contributed by atoms with E-state index in [2.05, 4.69) is 34.9 Å². The Morgan fingerprint density at radius 1 is 0.841 bits per heavy atom. The number of hydrogen-bond donors (Lipinski definition) is 0. The summed E-state index contributed by atoms with van der Waals surface area (Å²) in [7, 11) is 0. The first-order valence-corrected chi connectivity index (χ1v) is 15.8. The number of likely N-dealkylation sites (tertiary alicyclic amines) is 1. The van der Waals surface area contributed by atoms with Crippen molar-refractivity contribution < 1.29 is 31.1 Å². The Morgan fingerprint density at radius 2 is 1.48 bits per heavy atom. The predicted molar refractivity (Wildman–Crippen MR) is 158 cm³/mol. The first-order chi connectivity index (χ1) is 20.7. The molecule has 2 heterocycles. The number of aryl methyl sites for hydroxylation is 2. The number of halogens is 6. The molecule has 4 nitrogen and oxygen atoms in total. The monoisotopic (exact) mass is 623 g/mol. The molecular formula is C34H43F6N3O. The minimum atomic E-state index is -4.95. The molecule has 2 aromatic carbocycles. The Hall–Kier alpha value is -2.59. The topological polar surface area (TPSA) is 26.8 Å². The summed E-state index contributed by atoms with van der Waals surface area (Å²) in [5.41, 5.74) is -0.00441. The van der Waals surface area contributed by atoms with Gasteiger partial charge >= 0.3 is 12.4 Å².